The van der Waals surface area contributed by atoms with Gasteiger partial charge in [0, 0.05) is 19.3 Å². The Morgan fingerprint density at radius 2 is 1.44 bits per heavy atom. The Labute approximate surface area is 199 Å². The Morgan fingerprint density at radius 3 is 1.97 bits per heavy atom. The van der Waals surface area contributed by atoms with Gasteiger partial charge in [0.05, 0.1) is 30.8 Å². The summed E-state index contributed by atoms with van der Waals surface area (Å²) >= 11 is 0. The lowest BCUT2D eigenvalue weighted by Crippen LogP contribution is -2.25. The Hall–Kier alpha value is -3.87. The van der Waals surface area contributed by atoms with E-state index in [-0.39, 0.29) is 5.56 Å². The van der Waals surface area contributed by atoms with E-state index in [0.29, 0.717) is 29.9 Å². The van der Waals surface area contributed by atoms with Gasteiger partial charge in [-0.1, -0.05) is 37.6 Å². The average molecular weight is 459 g/mol. The molecule has 34 heavy (non-hydrogen) atoms. The van der Waals surface area contributed by atoms with Gasteiger partial charge in [-0.2, -0.15) is 0 Å². The van der Waals surface area contributed by atoms with Crippen LogP contribution in [0.3, 0.4) is 0 Å². The number of fused-ring (bicyclic) bond motifs is 1. The first-order valence-corrected chi connectivity index (χ1v) is 11.5. The number of unbranched alkanes of at least 4 members (excludes halogenated alkanes) is 1. The summed E-state index contributed by atoms with van der Waals surface area (Å²) in [6, 6.07) is 17.8. The van der Waals surface area contributed by atoms with Crippen molar-refractivity contribution in [2.75, 3.05) is 19.1 Å². The number of hydrogen-bond donors (Lipinski definition) is 1. The zero-order chi connectivity index (χ0) is 23.9. The molecule has 0 atom stereocenters. The van der Waals surface area contributed by atoms with Gasteiger partial charge in [-0.3, -0.25) is 4.79 Å². The van der Waals surface area contributed by atoms with Crippen molar-refractivity contribution in [1.82, 2.24) is 15.0 Å². The van der Waals surface area contributed by atoms with Crippen LogP contribution in [0.15, 0.2) is 65.6 Å². The van der Waals surface area contributed by atoms with Gasteiger partial charge < -0.3 is 19.4 Å². The molecule has 2 aromatic heterocycles. The first-order valence-electron chi connectivity index (χ1n) is 11.5. The summed E-state index contributed by atoms with van der Waals surface area (Å²) in [6.45, 7) is 3.35. The number of methoxy groups -OCH3 is 2. The Bertz CT molecular complexity index is 1230. The minimum atomic E-state index is -0.146. The lowest BCUT2D eigenvalue weighted by atomic mass is 10.1. The molecule has 0 aliphatic heterocycles. The number of aromatic amines is 1. The summed E-state index contributed by atoms with van der Waals surface area (Å²) < 4.78 is 10.6. The minimum absolute atomic E-state index is 0.146. The van der Waals surface area contributed by atoms with E-state index >= 15 is 0 Å². The number of H-pyrrole nitrogens is 1. The lowest BCUT2D eigenvalue weighted by molar-refractivity contribution is 0.414. The maximum Gasteiger partial charge on any atom is 0.259 e. The normalized spacial score (nSPS) is 10.9. The van der Waals surface area contributed by atoms with E-state index in [1.165, 1.54) is 0 Å². The van der Waals surface area contributed by atoms with Crippen LogP contribution in [-0.2, 0) is 19.5 Å². The van der Waals surface area contributed by atoms with Crippen LogP contribution in [0.1, 0.15) is 36.6 Å². The highest BCUT2D eigenvalue weighted by atomic mass is 16.5. The van der Waals surface area contributed by atoms with Crippen molar-refractivity contribution in [3.8, 4) is 11.5 Å². The van der Waals surface area contributed by atoms with Crippen LogP contribution in [-0.4, -0.2) is 29.2 Å². The molecule has 0 spiro atoms. The summed E-state index contributed by atoms with van der Waals surface area (Å²) in [5, 5.41) is 0.577. The second-order valence-corrected chi connectivity index (χ2v) is 8.19. The second kappa shape index (κ2) is 10.8. The number of ether oxygens (including phenoxy) is 2. The van der Waals surface area contributed by atoms with Crippen molar-refractivity contribution in [2.45, 2.75) is 39.3 Å². The SMILES string of the molecule is CCCCc1nc(N(Cc2ccc(OC)cc2)Cc2ccc(OC)cc2)nc2cc[nH]c(=O)c12. The molecule has 7 heteroatoms. The molecule has 4 aromatic rings. The summed E-state index contributed by atoms with van der Waals surface area (Å²) in [5.41, 5.74) is 3.53. The van der Waals surface area contributed by atoms with Gasteiger partial charge in [0.15, 0.2) is 0 Å². The number of nitrogens with one attached hydrogen (secondary N) is 1. The van der Waals surface area contributed by atoms with Crippen LogP contribution in [0, 0.1) is 0 Å². The van der Waals surface area contributed by atoms with E-state index in [1.54, 1.807) is 20.4 Å². The fourth-order valence-electron chi connectivity index (χ4n) is 3.92. The van der Waals surface area contributed by atoms with Crippen LogP contribution < -0.4 is 19.9 Å². The molecule has 4 rings (SSSR count). The molecule has 0 saturated heterocycles. The third-order valence-corrected chi connectivity index (χ3v) is 5.80. The molecule has 2 heterocycles. The van der Waals surface area contributed by atoms with Crippen LogP contribution in [0.4, 0.5) is 5.95 Å². The number of aromatic nitrogens is 3. The van der Waals surface area contributed by atoms with E-state index in [4.69, 9.17) is 19.4 Å². The van der Waals surface area contributed by atoms with E-state index in [9.17, 15) is 4.79 Å². The van der Waals surface area contributed by atoms with Crippen LogP contribution in [0.5, 0.6) is 11.5 Å². The molecule has 0 unspecified atom stereocenters. The van der Waals surface area contributed by atoms with Crippen molar-refractivity contribution >= 4 is 16.9 Å². The monoisotopic (exact) mass is 458 g/mol. The van der Waals surface area contributed by atoms with Crippen molar-refractivity contribution in [3.63, 3.8) is 0 Å². The van der Waals surface area contributed by atoms with Gasteiger partial charge in [-0.05, 0) is 54.3 Å². The summed E-state index contributed by atoms with van der Waals surface area (Å²) in [6.07, 6.45) is 4.35. The predicted octanol–water partition coefficient (Wildman–Crippen LogP) is 4.88. The van der Waals surface area contributed by atoms with Gasteiger partial charge in [-0.25, -0.2) is 9.97 Å². The smallest absolute Gasteiger partial charge is 0.259 e. The van der Waals surface area contributed by atoms with E-state index in [2.05, 4.69) is 16.8 Å². The van der Waals surface area contributed by atoms with Crippen molar-refractivity contribution in [3.05, 3.63) is 88.0 Å². The lowest BCUT2D eigenvalue weighted by Gasteiger charge is -2.24. The molecule has 176 valence electrons. The number of benzene rings is 2. The van der Waals surface area contributed by atoms with Crippen molar-refractivity contribution in [1.29, 1.82) is 0 Å². The van der Waals surface area contributed by atoms with E-state index in [0.717, 1.165) is 47.6 Å². The highest BCUT2D eigenvalue weighted by molar-refractivity contribution is 5.80. The quantitative estimate of drug-likeness (QED) is 0.365. The van der Waals surface area contributed by atoms with Crippen molar-refractivity contribution in [2.24, 2.45) is 0 Å². The third-order valence-electron chi connectivity index (χ3n) is 5.80. The third kappa shape index (κ3) is 5.36. The molecule has 0 bridgehead atoms. The van der Waals surface area contributed by atoms with Crippen LogP contribution >= 0.6 is 0 Å². The summed E-state index contributed by atoms with van der Waals surface area (Å²) in [5.74, 6) is 2.23. The molecule has 0 amide bonds. The fraction of sp³-hybridized carbons (Fsp3) is 0.296. The average Bonchev–Trinajstić information content (AvgIpc) is 2.87. The number of aryl methyl sites for hydroxylation is 1. The molecule has 0 fully saturated rings. The summed E-state index contributed by atoms with van der Waals surface area (Å²) in [7, 11) is 3.32. The molecule has 0 radical (unpaired) electrons. The number of anilines is 1. The second-order valence-electron chi connectivity index (χ2n) is 8.19. The highest BCUT2D eigenvalue weighted by Gasteiger charge is 2.17. The van der Waals surface area contributed by atoms with Crippen LogP contribution in [0.25, 0.3) is 10.9 Å². The molecule has 0 aliphatic carbocycles. The molecule has 0 aliphatic rings. The van der Waals surface area contributed by atoms with E-state index < -0.39 is 0 Å². The largest absolute Gasteiger partial charge is 0.497 e. The molecule has 7 nitrogen and oxygen atoms in total. The number of nitrogens with zero attached hydrogens (tertiary/aromatic N) is 3. The number of pyridine rings is 1. The molecule has 1 N–H and O–H groups in total. The molecular weight excluding hydrogens is 428 g/mol. The summed E-state index contributed by atoms with van der Waals surface area (Å²) in [4.78, 5) is 27.2. The van der Waals surface area contributed by atoms with Crippen molar-refractivity contribution < 1.29 is 9.47 Å². The first-order chi connectivity index (χ1) is 16.6. The predicted molar refractivity (Wildman–Crippen MR) is 135 cm³/mol. The zero-order valence-corrected chi connectivity index (χ0v) is 19.9. The van der Waals surface area contributed by atoms with Gasteiger partial charge >= 0.3 is 0 Å². The maximum absolute atomic E-state index is 12.6. The Balaban J connectivity index is 1.76. The fourth-order valence-corrected chi connectivity index (χ4v) is 3.92. The highest BCUT2D eigenvalue weighted by Crippen LogP contribution is 2.23. The van der Waals surface area contributed by atoms with Gasteiger partial charge in [0.1, 0.15) is 11.5 Å². The van der Waals surface area contributed by atoms with E-state index in [1.807, 2.05) is 54.6 Å². The molecule has 2 aromatic carbocycles. The number of hydrogen-bond acceptors (Lipinski definition) is 6. The van der Waals surface area contributed by atoms with Gasteiger partial charge in [-0.15, -0.1) is 0 Å². The Morgan fingerprint density at radius 1 is 0.853 bits per heavy atom. The molecule has 0 saturated carbocycles. The minimum Gasteiger partial charge on any atom is -0.497 e. The van der Waals surface area contributed by atoms with Crippen LogP contribution in [0.2, 0.25) is 0 Å². The van der Waals surface area contributed by atoms with Gasteiger partial charge in [0.2, 0.25) is 5.95 Å². The number of rotatable bonds is 10. The van der Waals surface area contributed by atoms with Gasteiger partial charge in [0.25, 0.3) is 5.56 Å². The Kier molecular flexibility index (Phi) is 7.42. The molecular formula is C27H30N4O3. The zero-order valence-electron chi connectivity index (χ0n) is 19.9. The maximum atomic E-state index is 12.6. The topological polar surface area (TPSA) is 80.3 Å². The standard InChI is InChI=1S/C27H30N4O3/c1-4-5-6-23-25-24(15-16-28-26(25)32)30-27(29-23)31(17-19-7-11-21(33-2)12-8-19)18-20-9-13-22(34-3)14-10-20/h7-16H,4-6,17-18H2,1-3H3,(H,28,32). The first kappa shape index (κ1) is 23.3.